The fraction of sp³-hybridized carbons (Fsp3) is 0.167. The molecule has 1 aromatic heterocycles. The first kappa shape index (κ1) is 26.2. The normalized spacial score (nSPS) is 12.3. The van der Waals surface area contributed by atoms with Crippen LogP contribution in [-0.4, -0.2) is 20.8 Å². The summed E-state index contributed by atoms with van der Waals surface area (Å²) in [4.78, 5) is 29.1. The zero-order valence-corrected chi connectivity index (χ0v) is 23.0. The van der Waals surface area contributed by atoms with Crippen molar-refractivity contribution in [1.82, 2.24) is 9.66 Å². The minimum absolute atomic E-state index is 0.00000558. The number of ether oxygens (including phenoxy) is 1. The van der Waals surface area contributed by atoms with E-state index in [-0.39, 0.29) is 23.8 Å². The average molecular weight is 585 g/mol. The first-order valence-electron chi connectivity index (χ1n) is 12.5. The lowest BCUT2D eigenvalue weighted by atomic mass is 10.0. The van der Waals surface area contributed by atoms with Crippen molar-refractivity contribution in [2.75, 3.05) is 0 Å². The van der Waals surface area contributed by atoms with Crippen molar-refractivity contribution in [1.29, 1.82) is 0 Å². The minimum atomic E-state index is -0.430. The van der Waals surface area contributed by atoms with E-state index in [0.717, 1.165) is 21.7 Å². The molecule has 9 heteroatoms. The highest BCUT2D eigenvalue weighted by molar-refractivity contribution is 9.10. The Balaban J connectivity index is 1.61. The average Bonchev–Trinajstić information content (AvgIpc) is 2.95. The summed E-state index contributed by atoms with van der Waals surface area (Å²) in [5.41, 5.74) is 1.72. The molecule has 5 aromatic rings. The second-order valence-corrected chi connectivity index (χ2v) is 10.1. The van der Waals surface area contributed by atoms with Gasteiger partial charge < -0.3 is 4.74 Å². The first-order chi connectivity index (χ1) is 18.9. The molecule has 1 heterocycles. The molecule has 0 aliphatic rings. The Kier molecular flexibility index (Phi) is 7.51. The van der Waals surface area contributed by atoms with E-state index in [9.17, 15) is 14.9 Å². The number of halogens is 1. The van der Waals surface area contributed by atoms with Crippen LogP contribution in [0.15, 0.2) is 93.2 Å². The smallest absolute Gasteiger partial charge is 0.282 e. The molecule has 0 saturated heterocycles. The second kappa shape index (κ2) is 11.2. The van der Waals surface area contributed by atoms with E-state index in [1.54, 1.807) is 24.4 Å². The fourth-order valence-corrected chi connectivity index (χ4v) is 4.71. The molecule has 0 unspecified atom stereocenters. The third-order valence-corrected chi connectivity index (χ3v) is 7.13. The number of nitro benzene ring substituents is 1. The molecular weight excluding hydrogens is 560 g/mol. The van der Waals surface area contributed by atoms with Gasteiger partial charge in [-0.2, -0.15) is 9.78 Å². The molecule has 0 spiro atoms. The molecule has 0 saturated carbocycles. The maximum atomic E-state index is 13.6. The van der Waals surface area contributed by atoms with Gasteiger partial charge >= 0.3 is 0 Å². The van der Waals surface area contributed by atoms with Crippen LogP contribution in [0, 0.1) is 10.1 Å². The molecule has 0 aliphatic heterocycles. The molecule has 39 heavy (non-hydrogen) atoms. The molecule has 0 radical (unpaired) electrons. The second-order valence-electron chi connectivity index (χ2n) is 9.22. The number of nitrogens with zero attached hydrogens (tertiary/aromatic N) is 4. The SMILES string of the molecule is CC[C@@H](C)c1nc2ccc(Br)cc2c(=O)n1N=Cc1c(OCc2cccc([N+](=O)[O-])c2)ccc2ccccc12. The first-order valence-corrected chi connectivity index (χ1v) is 13.3. The molecule has 0 N–H and O–H groups in total. The van der Waals surface area contributed by atoms with E-state index in [0.29, 0.717) is 33.6 Å². The maximum absolute atomic E-state index is 13.6. The van der Waals surface area contributed by atoms with E-state index in [1.165, 1.54) is 16.8 Å². The standard InChI is InChI=1S/C30H25BrN4O4/c1-3-19(2)29-33-27-13-12-22(31)16-25(27)30(36)34(29)32-17-26-24-10-5-4-8-21(24)11-14-28(26)39-18-20-7-6-9-23(15-20)35(37)38/h4-17,19H,3,18H2,1-2H3/t19-/m1/s1. The number of rotatable bonds is 8. The Bertz CT molecular complexity index is 1800. The lowest BCUT2D eigenvalue weighted by molar-refractivity contribution is -0.384. The van der Waals surface area contributed by atoms with Gasteiger partial charge in [-0.1, -0.05) is 72.2 Å². The summed E-state index contributed by atoms with van der Waals surface area (Å²) in [5, 5.41) is 18.2. The van der Waals surface area contributed by atoms with E-state index >= 15 is 0 Å². The van der Waals surface area contributed by atoms with Crippen LogP contribution in [0.2, 0.25) is 0 Å². The van der Waals surface area contributed by atoms with E-state index in [1.807, 2.05) is 62.4 Å². The topological polar surface area (TPSA) is 99.6 Å². The molecular formula is C30H25BrN4O4. The third kappa shape index (κ3) is 5.44. The molecule has 0 bridgehead atoms. The lowest BCUT2D eigenvalue weighted by Gasteiger charge is -2.15. The van der Waals surface area contributed by atoms with Gasteiger partial charge in [0.05, 0.1) is 22.0 Å². The number of benzene rings is 4. The van der Waals surface area contributed by atoms with E-state index in [2.05, 4.69) is 21.0 Å². The molecule has 5 rings (SSSR count). The van der Waals surface area contributed by atoms with Gasteiger partial charge in [0.15, 0.2) is 0 Å². The zero-order valence-electron chi connectivity index (χ0n) is 21.4. The van der Waals surface area contributed by atoms with E-state index < -0.39 is 4.92 Å². The van der Waals surface area contributed by atoms with Gasteiger partial charge in [-0.3, -0.25) is 14.9 Å². The molecule has 196 valence electrons. The molecule has 0 amide bonds. The van der Waals surface area contributed by atoms with Crippen LogP contribution in [0.4, 0.5) is 5.69 Å². The van der Waals surface area contributed by atoms with Crippen LogP contribution < -0.4 is 10.3 Å². The van der Waals surface area contributed by atoms with Crippen molar-refractivity contribution in [2.45, 2.75) is 32.8 Å². The number of aromatic nitrogens is 2. The molecule has 0 fully saturated rings. The van der Waals surface area contributed by atoms with Gasteiger partial charge in [0, 0.05) is 28.1 Å². The van der Waals surface area contributed by atoms with E-state index in [4.69, 9.17) is 9.72 Å². The third-order valence-electron chi connectivity index (χ3n) is 6.64. The van der Waals surface area contributed by atoms with Gasteiger partial charge in [-0.05, 0) is 47.0 Å². The predicted molar refractivity (Wildman–Crippen MR) is 157 cm³/mol. The number of hydrogen-bond donors (Lipinski definition) is 0. The Labute approximate surface area is 232 Å². The van der Waals surface area contributed by atoms with Crippen molar-refractivity contribution in [3.63, 3.8) is 0 Å². The molecule has 8 nitrogen and oxygen atoms in total. The molecule has 4 aromatic carbocycles. The van der Waals surface area contributed by atoms with Gasteiger partial charge in [-0.15, -0.1) is 0 Å². The maximum Gasteiger partial charge on any atom is 0.282 e. The Morgan fingerprint density at radius 2 is 1.90 bits per heavy atom. The molecule has 0 aliphatic carbocycles. The van der Waals surface area contributed by atoms with Crippen molar-refractivity contribution >= 4 is 49.5 Å². The fourth-order valence-electron chi connectivity index (χ4n) is 4.35. The van der Waals surface area contributed by atoms with Gasteiger partial charge in [-0.25, -0.2) is 4.98 Å². The summed E-state index contributed by atoms with van der Waals surface area (Å²) < 4.78 is 8.30. The monoisotopic (exact) mass is 584 g/mol. The van der Waals surface area contributed by atoms with Crippen molar-refractivity contribution < 1.29 is 9.66 Å². The van der Waals surface area contributed by atoms with Crippen LogP contribution in [0.5, 0.6) is 5.75 Å². The van der Waals surface area contributed by atoms with Crippen LogP contribution >= 0.6 is 15.9 Å². The number of hydrogen-bond acceptors (Lipinski definition) is 6. The van der Waals surface area contributed by atoms with Gasteiger partial charge in [0.25, 0.3) is 11.2 Å². The number of non-ortho nitro benzene ring substituents is 1. The van der Waals surface area contributed by atoms with Gasteiger partial charge in [0.2, 0.25) is 0 Å². The van der Waals surface area contributed by atoms with Crippen LogP contribution in [0.25, 0.3) is 21.7 Å². The lowest BCUT2D eigenvalue weighted by Crippen LogP contribution is -2.23. The summed E-state index contributed by atoms with van der Waals surface area (Å²) >= 11 is 3.45. The highest BCUT2D eigenvalue weighted by Gasteiger charge is 2.16. The van der Waals surface area contributed by atoms with Gasteiger partial charge in [0.1, 0.15) is 18.2 Å². The summed E-state index contributed by atoms with van der Waals surface area (Å²) in [6.45, 7) is 4.19. The number of fused-ring (bicyclic) bond motifs is 2. The van der Waals surface area contributed by atoms with Crippen LogP contribution in [-0.2, 0) is 6.61 Å². The summed E-state index contributed by atoms with van der Waals surface area (Å²) in [5.74, 6) is 1.12. The summed E-state index contributed by atoms with van der Waals surface area (Å²) in [7, 11) is 0. The Morgan fingerprint density at radius 1 is 1.08 bits per heavy atom. The number of nitro groups is 1. The summed E-state index contributed by atoms with van der Waals surface area (Å²) in [6, 6.07) is 23.4. The quantitative estimate of drug-likeness (QED) is 0.109. The highest BCUT2D eigenvalue weighted by Crippen LogP contribution is 2.28. The summed E-state index contributed by atoms with van der Waals surface area (Å²) in [6.07, 6.45) is 2.42. The molecule has 1 atom stereocenters. The zero-order chi connectivity index (χ0) is 27.5. The predicted octanol–water partition coefficient (Wildman–Crippen LogP) is 7.20. The van der Waals surface area contributed by atoms with Crippen molar-refractivity contribution in [3.05, 3.63) is 121 Å². The van der Waals surface area contributed by atoms with Crippen LogP contribution in [0.3, 0.4) is 0 Å². The Hall–Kier alpha value is -4.37. The van der Waals surface area contributed by atoms with Crippen molar-refractivity contribution in [3.8, 4) is 5.75 Å². The Morgan fingerprint density at radius 3 is 2.69 bits per heavy atom. The van der Waals surface area contributed by atoms with Crippen molar-refractivity contribution in [2.24, 2.45) is 5.10 Å². The van der Waals surface area contributed by atoms with Crippen LogP contribution in [0.1, 0.15) is 43.1 Å². The minimum Gasteiger partial charge on any atom is -0.488 e. The highest BCUT2D eigenvalue weighted by atomic mass is 79.9. The largest absolute Gasteiger partial charge is 0.488 e.